The van der Waals surface area contributed by atoms with Gasteiger partial charge in [0.1, 0.15) is 0 Å². The number of urea groups is 1. The van der Waals surface area contributed by atoms with Crippen LogP contribution >= 0.6 is 11.3 Å². The van der Waals surface area contributed by atoms with Crippen LogP contribution in [0.15, 0.2) is 53.9 Å². The first-order valence-corrected chi connectivity index (χ1v) is 10.2. The second-order valence-corrected chi connectivity index (χ2v) is 7.29. The van der Waals surface area contributed by atoms with Crippen LogP contribution in [0, 0.1) is 0 Å². The molecule has 0 atom stereocenters. The summed E-state index contributed by atoms with van der Waals surface area (Å²) in [4.78, 5) is 18.2. The third-order valence-corrected chi connectivity index (χ3v) is 5.24. The molecule has 2 heterocycles. The molecule has 4 rings (SSSR count). The number of hydrogen-bond donors (Lipinski definition) is 2. The van der Waals surface area contributed by atoms with E-state index in [0.717, 1.165) is 33.3 Å². The first-order chi connectivity index (χ1) is 13.7. The van der Waals surface area contributed by atoms with E-state index in [1.54, 1.807) is 16.2 Å². The van der Waals surface area contributed by atoms with Gasteiger partial charge in [-0.2, -0.15) is 0 Å². The smallest absolute Gasteiger partial charge is 0.321 e. The number of nitrogens with zero attached hydrogens (tertiary/aromatic N) is 2. The first-order valence-electron chi connectivity index (χ1n) is 9.28. The number of nitrogens with one attached hydrogen (secondary N) is 2. The van der Waals surface area contributed by atoms with Gasteiger partial charge < -0.3 is 15.4 Å². The van der Waals surface area contributed by atoms with Crippen molar-refractivity contribution in [2.24, 2.45) is 0 Å². The number of thiazole rings is 1. The molecular weight excluding hydrogens is 372 g/mol. The number of carbonyl (C=O) groups is 1. The van der Waals surface area contributed by atoms with Crippen LogP contribution in [0.2, 0.25) is 0 Å². The Balaban J connectivity index is 1.45. The number of ether oxygens (including phenoxy) is 1. The molecule has 6 nitrogen and oxygen atoms in total. The highest BCUT2D eigenvalue weighted by atomic mass is 32.1. The second-order valence-electron chi connectivity index (χ2n) is 6.43. The van der Waals surface area contributed by atoms with Crippen LogP contribution in [-0.2, 0) is 11.3 Å². The Kier molecular flexibility index (Phi) is 5.55. The highest BCUT2D eigenvalue weighted by Gasteiger charge is 2.20. The van der Waals surface area contributed by atoms with E-state index in [2.05, 4.69) is 22.8 Å². The molecule has 2 aromatic carbocycles. The summed E-state index contributed by atoms with van der Waals surface area (Å²) in [6, 6.07) is 16.0. The van der Waals surface area contributed by atoms with Crippen molar-refractivity contribution in [1.82, 2.24) is 10.3 Å². The van der Waals surface area contributed by atoms with E-state index in [4.69, 9.17) is 9.72 Å². The maximum absolute atomic E-state index is 11.8. The average Bonchev–Trinajstić information content (AvgIpc) is 3.36. The fourth-order valence-corrected chi connectivity index (χ4v) is 3.82. The van der Waals surface area contributed by atoms with E-state index in [1.165, 1.54) is 0 Å². The topological polar surface area (TPSA) is 66.5 Å². The number of hydrogen-bond acceptors (Lipinski definition) is 5. The minimum Gasteiger partial charge on any atom is -0.377 e. The molecule has 1 aromatic heterocycles. The highest BCUT2D eigenvalue weighted by molar-refractivity contribution is 7.14. The van der Waals surface area contributed by atoms with Crippen LogP contribution in [0.25, 0.3) is 11.3 Å². The van der Waals surface area contributed by atoms with Crippen LogP contribution in [0.5, 0.6) is 0 Å². The van der Waals surface area contributed by atoms with Gasteiger partial charge in [-0.05, 0) is 36.8 Å². The van der Waals surface area contributed by atoms with Gasteiger partial charge in [0.15, 0.2) is 5.13 Å². The van der Waals surface area contributed by atoms with Gasteiger partial charge in [-0.25, -0.2) is 9.78 Å². The SMILES string of the molecule is CCOCc1cccc(Nc2nc(-c3ccc(N4CCNC4=O)cc3)cs2)c1. The van der Waals surface area contributed by atoms with Gasteiger partial charge in [-0.15, -0.1) is 11.3 Å². The molecule has 0 radical (unpaired) electrons. The van der Waals surface area contributed by atoms with Gasteiger partial charge in [-0.3, -0.25) is 4.90 Å². The van der Waals surface area contributed by atoms with Crippen molar-refractivity contribution in [1.29, 1.82) is 0 Å². The predicted octanol–water partition coefficient (Wildman–Crippen LogP) is 4.62. The molecule has 0 bridgehead atoms. The molecule has 1 aliphatic heterocycles. The fraction of sp³-hybridized carbons (Fsp3) is 0.238. The minimum absolute atomic E-state index is 0.0422. The first kappa shape index (κ1) is 18.5. The number of benzene rings is 2. The molecule has 2 amide bonds. The maximum Gasteiger partial charge on any atom is 0.321 e. The summed E-state index contributed by atoms with van der Waals surface area (Å²) in [7, 11) is 0. The van der Waals surface area contributed by atoms with Gasteiger partial charge in [0.05, 0.1) is 12.3 Å². The highest BCUT2D eigenvalue weighted by Crippen LogP contribution is 2.29. The van der Waals surface area contributed by atoms with E-state index in [1.807, 2.05) is 48.7 Å². The lowest BCUT2D eigenvalue weighted by Gasteiger charge is -2.14. The summed E-state index contributed by atoms with van der Waals surface area (Å²) >= 11 is 1.56. The van der Waals surface area contributed by atoms with Crippen LogP contribution in [0.4, 0.5) is 21.3 Å². The summed E-state index contributed by atoms with van der Waals surface area (Å²) in [6.45, 7) is 4.69. The standard InChI is InChI=1S/C21H22N4O2S/c1-2-27-13-15-4-3-5-17(12-15)23-20-24-19(14-28-20)16-6-8-18(9-7-16)25-11-10-22-21(25)26/h3-9,12,14H,2,10-11,13H2,1H3,(H,22,26)(H,23,24). The lowest BCUT2D eigenvalue weighted by Crippen LogP contribution is -2.27. The molecule has 0 unspecified atom stereocenters. The number of anilines is 3. The van der Waals surface area contributed by atoms with Gasteiger partial charge in [0, 0.05) is 42.0 Å². The predicted molar refractivity (Wildman–Crippen MR) is 113 cm³/mol. The molecule has 1 aliphatic rings. The summed E-state index contributed by atoms with van der Waals surface area (Å²) in [5.41, 5.74) is 4.96. The van der Waals surface area contributed by atoms with Crippen molar-refractivity contribution in [3.05, 3.63) is 59.5 Å². The molecule has 0 saturated carbocycles. The normalized spacial score (nSPS) is 13.6. The fourth-order valence-electron chi connectivity index (χ4n) is 3.08. The van der Waals surface area contributed by atoms with Crippen molar-refractivity contribution in [2.75, 3.05) is 29.9 Å². The van der Waals surface area contributed by atoms with E-state index in [-0.39, 0.29) is 6.03 Å². The summed E-state index contributed by atoms with van der Waals surface area (Å²) in [6.07, 6.45) is 0. The Morgan fingerprint density at radius 3 is 2.86 bits per heavy atom. The van der Waals surface area contributed by atoms with Crippen molar-refractivity contribution < 1.29 is 9.53 Å². The monoisotopic (exact) mass is 394 g/mol. The molecule has 28 heavy (non-hydrogen) atoms. The molecule has 144 valence electrons. The zero-order chi connectivity index (χ0) is 19.3. The molecule has 1 fully saturated rings. The number of amides is 2. The maximum atomic E-state index is 11.8. The molecule has 0 aliphatic carbocycles. The second kappa shape index (κ2) is 8.41. The van der Waals surface area contributed by atoms with E-state index >= 15 is 0 Å². The van der Waals surface area contributed by atoms with E-state index < -0.39 is 0 Å². The largest absolute Gasteiger partial charge is 0.377 e. The van der Waals surface area contributed by atoms with Crippen molar-refractivity contribution in [3.8, 4) is 11.3 Å². The Morgan fingerprint density at radius 1 is 1.25 bits per heavy atom. The Morgan fingerprint density at radius 2 is 2.11 bits per heavy atom. The Labute approximate surface area is 168 Å². The molecule has 1 saturated heterocycles. The third-order valence-electron chi connectivity index (χ3n) is 4.49. The number of rotatable bonds is 7. The van der Waals surface area contributed by atoms with Crippen molar-refractivity contribution in [2.45, 2.75) is 13.5 Å². The van der Waals surface area contributed by atoms with Crippen molar-refractivity contribution in [3.63, 3.8) is 0 Å². The quantitative estimate of drug-likeness (QED) is 0.614. The summed E-state index contributed by atoms with van der Waals surface area (Å²) < 4.78 is 5.47. The molecular formula is C21H22N4O2S. The van der Waals surface area contributed by atoms with Crippen molar-refractivity contribution >= 4 is 33.9 Å². The number of aromatic nitrogens is 1. The lowest BCUT2D eigenvalue weighted by atomic mass is 10.1. The molecule has 2 N–H and O–H groups in total. The zero-order valence-corrected chi connectivity index (χ0v) is 16.5. The number of carbonyl (C=O) groups excluding carboxylic acids is 1. The minimum atomic E-state index is -0.0422. The molecule has 3 aromatic rings. The van der Waals surface area contributed by atoms with Crippen LogP contribution < -0.4 is 15.5 Å². The van der Waals surface area contributed by atoms with Gasteiger partial charge in [-0.1, -0.05) is 24.3 Å². The lowest BCUT2D eigenvalue weighted by molar-refractivity contribution is 0.134. The Bertz CT molecular complexity index is 955. The summed E-state index contributed by atoms with van der Waals surface area (Å²) in [5, 5.41) is 9.05. The molecule has 7 heteroatoms. The van der Waals surface area contributed by atoms with Crippen LogP contribution in [0.3, 0.4) is 0 Å². The van der Waals surface area contributed by atoms with E-state index in [0.29, 0.717) is 26.3 Å². The van der Waals surface area contributed by atoms with E-state index in [9.17, 15) is 4.79 Å². The van der Waals surface area contributed by atoms with Crippen LogP contribution in [0.1, 0.15) is 12.5 Å². The summed E-state index contributed by atoms with van der Waals surface area (Å²) in [5.74, 6) is 0. The van der Waals surface area contributed by atoms with Crippen LogP contribution in [-0.4, -0.2) is 30.7 Å². The van der Waals surface area contributed by atoms with Gasteiger partial charge in [0.25, 0.3) is 0 Å². The van der Waals surface area contributed by atoms with Gasteiger partial charge >= 0.3 is 6.03 Å². The average molecular weight is 395 g/mol. The molecule has 0 spiro atoms. The zero-order valence-electron chi connectivity index (χ0n) is 15.6. The van der Waals surface area contributed by atoms with Gasteiger partial charge in [0.2, 0.25) is 0 Å². The Hall–Kier alpha value is -2.90. The third kappa shape index (κ3) is 4.16.